The highest BCUT2D eigenvalue weighted by molar-refractivity contribution is 5.87. The summed E-state index contributed by atoms with van der Waals surface area (Å²) in [7, 11) is 0. The summed E-state index contributed by atoms with van der Waals surface area (Å²) in [5.74, 6) is 1.96. The Morgan fingerprint density at radius 3 is 2.45 bits per heavy atom. The van der Waals surface area contributed by atoms with E-state index < -0.39 is 0 Å². The SMILES string of the molecule is N#CC1=c2cc3c4c(c2Oc2c1cc1c5c2CCCN5CCC1)CCC[N+]=4CCC3.[Cl-]. The first-order chi connectivity index (χ1) is 14.8. The number of aryl methyl sites for hydroxylation is 2. The van der Waals surface area contributed by atoms with Crippen molar-refractivity contribution in [3.05, 3.63) is 50.5 Å². The monoisotopic (exact) mass is 431 g/mol. The summed E-state index contributed by atoms with van der Waals surface area (Å²) in [6.07, 6.45) is 9.10. The number of fused-ring (bicyclic) bond motifs is 4. The van der Waals surface area contributed by atoms with Crippen LogP contribution in [0.25, 0.3) is 5.57 Å². The lowest BCUT2D eigenvalue weighted by atomic mass is 9.85. The Morgan fingerprint density at radius 1 is 0.871 bits per heavy atom. The Balaban J connectivity index is 0.00000185. The minimum Gasteiger partial charge on any atom is -1.00 e. The number of hydrogen-bond acceptors (Lipinski definition) is 3. The number of nitriles is 1. The quantitative estimate of drug-likeness (QED) is 0.533. The van der Waals surface area contributed by atoms with Crippen LogP contribution in [0.15, 0.2) is 12.1 Å². The second kappa shape index (κ2) is 7.00. The fraction of sp³-hybridized carbons (Fsp3) is 0.462. The molecule has 7 rings (SSSR count). The lowest BCUT2D eigenvalue weighted by molar-refractivity contribution is -0.00000655. The second-order valence-corrected chi connectivity index (χ2v) is 9.46. The Morgan fingerprint density at radius 2 is 1.61 bits per heavy atom. The van der Waals surface area contributed by atoms with Crippen molar-refractivity contribution in [2.24, 2.45) is 0 Å². The van der Waals surface area contributed by atoms with Gasteiger partial charge in [0.15, 0.2) is 0 Å². The number of hydrogen-bond donors (Lipinski definition) is 0. The van der Waals surface area contributed by atoms with Gasteiger partial charge in [0, 0.05) is 53.5 Å². The lowest BCUT2D eigenvalue weighted by Crippen LogP contribution is -3.00. The number of nitrogens with zero attached hydrogens (tertiary/aromatic N) is 3. The molecule has 0 saturated carbocycles. The van der Waals surface area contributed by atoms with Gasteiger partial charge < -0.3 is 22.0 Å². The van der Waals surface area contributed by atoms with Crippen LogP contribution in [0, 0.1) is 11.3 Å². The van der Waals surface area contributed by atoms with Gasteiger partial charge >= 0.3 is 0 Å². The molecule has 5 aliphatic rings. The zero-order valence-corrected chi connectivity index (χ0v) is 18.5. The predicted molar refractivity (Wildman–Crippen MR) is 117 cm³/mol. The van der Waals surface area contributed by atoms with Crippen LogP contribution >= 0.6 is 0 Å². The van der Waals surface area contributed by atoms with Crippen molar-refractivity contribution in [1.29, 1.82) is 5.26 Å². The highest BCUT2D eigenvalue weighted by Crippen LogP contribution is 2.47. The Kier molecular flexibility index (Phi) is 4.34. The van der Waals surface area contributed by atoms with Gasteiger partial charge in [-0.3, -0.25) is 0 Å². The Hall–Kier alpha value is -2.51. The summed E-state index contributed by atoms with van der Waals surface area (Å²) in [6.45, 7) is 4.60. The standard InChI is InChI=1S/C26H26N3O.ClH/c27-15-22-20-13-16-5-1-9-28-11-3-7-18(23(16)28)25(20)30-26-19-8-4-12-29-10-2-6-17(24(19)29)14-21(22)26;/h13-14H,1-12H2;1H/q+1;/p-1. The summed E-state index contributed by atoms with van der Waals surface area (Å²) in [5.41, 5.74) is 8.82. The molecule has 0 fully saturated rings. The molecule has 0 spiro atoms. The zero-order chi connectivity index (χ0) is 19.8. The largest absolute Gasteiger partial charge is 1.00 e. The molecular formula is C26H26ClN3O. The van der Waals surface area contributed by atoms with Crippen LogP contribution in [0.2, 0.25) is 0 Å². The topological polar surface area (TPSA) is 39.3 Å². The molecule has 4 nitrogen and oxygen atoms in total. The van der Waals surface area contributed by atoms with E-state index in [0.29, 0.717) is 0 Å². The molecule has 0 radical (unpaired) electrons. The van der Waals surface area contributed by atoms with Crippen LogP contribution < -0.4 is 37.2 Å². The van der Waals surface area contributed by atoms with E-state index in [1.807, 2.05) is 0 Å². The van der Waals surface area contributed by atoms with E-state index in [1.165, 1.54) is 59.0 Å². The van der Waals surface area contributed by atoms with Crippen LogP contribution in [0.3, 0.4) is 0 Å². The van der Waals surface area contributed by atoms with E-state index in [4.69, 9.17) is 4.74 Å². The predicted octanol–water partition coefficient (Wildman–Crippen LogP) is -0.399. The van der Waals surface area contributed by atoms with Crippen molar-refractivity contribution in [1.82, 2.24) is 4.58 Å². The molecule has 5 aliphatic heterocycles. The van der Waals surface area contributed by atoms with Gasteiger partial charge in [-0.15, -0.1) is 0 Å². The van der Waals surface area contributed by atoms with Crippen molar-refractivity contribution in [3.63, 3.8) is 0 Å². The molecule has 0 unspecified atom stereocenters. The van der Waals surface area contributed by atoms with Crippen molar-refractivity contribution in [3.8, 4) is 17.6 Å². The van der Waals surface area contributed by atoms with Crippen LogP contribution in [0.1, 0.15) is 53.5 Å². The minimum absolute atomic E-state index is 0. The Bertz CT molecular complexity index is 1300. The number of anilines is 1. The third-order valence-corrected chi connectivity index (χ3v) is 7.80. The van der Waals surface area contributed by atoms with Gasteiger partial charge in [0.1, 0.15) is 30.7 Å². The maximum Gasteiger partial charge on any atom is 0.210 e. The molecule has 2 aromatic carbocycles. The van der Waals surface area contributed by atoms with E-state index in [0.717, 1.165) is 79.7 Å². The molecule has 0 amide bonds. The second-order valence-electron chi connectivity index (χ2n) is 9.46. The molecule has 31 heavy (non-hydrogen) atoms. The summed E-state index contributed by atoms with van der Waals surface area (Å²) in [5, 5.41) is 12.7. The first-order valence-corrected chi connectivity index (χ1v) is 11.7. The molecule has 158 valence electrons. The normalized spacial score (nSPS) is 19.8. The molecule has 2 aromatic rings. The highest BCUT2D eigenvalue weighted by atomic mass is 35.5. The summed E-state index contributed by atoms with van der Waals surface area (Å²) in [6, 6.07) is 7.16. The van der Waals surface area contributed by atoms with Gasteiger partial charge in [-0.25, -0.2) is 4.58 Å². The molecule has 0 bridgehead atoms. The van der Waals surface area contributed by atoms with Gasteiger partial charge in [0.25, 0.3) is 0 Å². The molecule has 0 aromatic heterocycles. The molecule has 5 heterocycles. The first kappa shape index (κ1) is 19.2. The van der Waals surface area contributed by atoms with Gasteiger partial charge in [0.05, 0.1) is 11.1 Å². The summed E-state index contributed by atoms with van der Waals surface area (Å²) in [4.78, 5) is 2.56. The number of halogens is 1. The van der Waals surface area contributed by atoms with Crippen LogP contribution in [0.4, 0.5) is 5.69 Å². The maximum absolute atomic E-state index is 10.3. The average Bonchev–Trinajstić information content (AvgIpc) is 2.79. The van der Waals surface area contributed by atoms with E-state index >= 15 is 0 Å². The molecule has 5 heteroatoms. The van der Waals surface area contributed by atoms with Gasteiger partial charge in [-0.05, 0) is 56.2 Å². The molecular weight excluding hydrogens is 406 g/mol. The van der Waals surface area contributed by atoms with E-state index in [2.05, 4.69) is 27.7 Å². The molecule has 0 atom stereocenters. The van der Waals surface area contributed by atoms with Crippen molar-refractivity contribution < 1.29 is 17.1 Å². The average molecular weight is 432 g/mol. The van der Waals surface area contributed by atoms with Crippen molar-refractivity contribution in [2.45, 2.75) is 51.4 Å². The number of rotatable bonds is 0. The van der Waals surface area contributed by atoms with Crippen LogP contribution in [-0.2, 0) is 25.7 Å². The Labute approximate surface area is 188 Å². The summed E-state index contributed by atoms with van der Waals surface area (Å²) >= 11 is 0. The number of ether oxygens (including phenoxy) is 1. The first-order valence-electron chi connectivity index (χ1n) is 11.7. The van der Waals surface area contributed by atoms with Crippen LogP contribution in [0.5, 0.6) is 11.5 Å². The van der Waals surface area contributed by atoms with Gasteiger partial charge in [-0.2, -0.15) is 5.26 Å². The zero-order valence-electron chi connectivity index (χ0n) is 17.8. The van der Waals surface area contributed by atoms with Gasteiger partial charge in [0.2, 0.25) is 5.36 Å². The molecule has 0 saturated heterocycles. The third-order valence-electron chi connectivity index (χ3n) is 7.80. The summed E-state index contributed by atoms with van der Waals surface area (Å²) < 4.78 is 9.38. The molecule has 0 aliphatic carbocycles. The lowest BCUT2D eigenvalue weighted by Gasteiger charge is -2.39. The molecule has 0 N–H and O–H groups in total. The van der Waals surface area contributed by atoms with E-state index in [9.17, 15) is 5.26 Å². The van der Waals surface area contributed by atoms with Crippen LogP contribution in [-0.4, -0.2) is 26.2 Å². The van der Waals surface area contributed by atoms with Crippen molar-refractivity contribution in [2.75, 3.05) is 31.1 Å². The number of benzene rings is 2. The van der Waals surface area contributed by atoms with E-state index in [1.54, 1.807) is 0 Å². The van der Waals surface area contributed by atoms with Crippen molar-refractivity contribution >= 4 is 11.3 Å². The maximum atomic E-state index is 10.3. The smallest absolute Gasteiger partial charge is 0.210 e. The minimum atomic E-state index is 0. The van der Waals surface area contributed by atoms with Gasteiger partial charge in [-0.1, -0.05) is 0 Å². The fourth-order valence-corrected chi connectivity index (χ4v) is 6.63. The third kappa shape index (κ3) is 2.56. The fourth-order valence-electron chi connectivity index (χ4n) is 6.63. The van der Waals surface area contributed by atoms with E-state index in [-0.39, 0.29) is 12.4 Å². The highest BCUT2D eigenvalue weighted by Gasteiger charge is 2.35.